The van der Waals surface area contributed by atoms with Crippen molar-refractivity contribution in [2.75, 3.05) is 38.6 Å². The average Bonchev–Trinajstić information content (AvgIpc) is 2.79. The van der Waals surface area contributed by atoms with Crippen molar-refractivity contribution in [3.05, 3.63) is 48.0 Å². The Morgan fingerprint density at radius 2 is 1.84 bits per heavy atom. The summed E-state index contributed by atoms with van der Waals surface area (Å²) in [4.78, 5) is 26.4. The SMILES string of the molecule is COc1ccccc1C(=O)N1CCN(S(=O)(=O)c2ccc3c(c2)NC(=O)[C@@H](C)O3)CC1. The highest BCUT2D eigenvalue weighted by Gasteiger charge is 2.32. The van der Waals surface area contributed by atoms with E-state index < -0.39 is 16.1 Å². The van der Waals surface area contributed by atoms with E-state index in [4.69, 9.17) is 9.47 Å². The highest BCUT2D eigenvalue weighted by atomic mass is 32.2. The molecule has 10 heteroatoms. The highest BCUT2D eigenvalue weighted by Crippen LogP contribution is 2.33. The van der Waals surface area contributed by atoms with Crippen LogP contribution in [0.5, 0.6) is 11.5 Å². The van der Waals surface area contributed by atoms with Gasteiger partial charge in [-0.1, -0.05) is 12.1 Å². The molecule has 0 spiro atoms. The van der Waals surface area contributed by atoms with Crippen LogP contribution in [0.2, 0.25) is 0 Å². The molecule has 1 fully saturated rings. The molecule has 2 aromatic carbocycles. The van der Waals surface area contributed by atoms with Gasteiger partial charge < -0.3 is 19.7 Å². The number of sulfonamides is 1. The Kier molecular flexibility index (Phi) is 5.59. The Morgan fingerprint density at radius 1 is 1.13 bits per heavy atom. The third-order valence-corrected chi connectivity index (χ3v) is 7.28. The molecule has 0 aliphatic carbocycles. The summed E-state index contributed by atoms with van der Waals surface area (Å²) in [5.74, 6) is 0.385. The van der Waals surface area contributed by atoms with E-state index in [1.54, 1.807) is 42.2 Å². The van der Waals surface area contributed by atoms with E-state index in [0.29, 0.717) is 22.7 Å². The number of amides is 2. The molecule has 2 aromatic rings. The fourth-order valence-corrected chi connectivity index (χ4v) is 5.07. The number of para-hydroxylation sites is 1. The molecule has 0 unspecified atom stereocenters. The lowest BCUT2D eigenvalue weighted by atomic mass is 10.1. The maximum atomic E-state index is 13.1. The van der Waals surface area contributed by atoms with E-state index in [9.17, 15) is 18.0 Å². The summed E-state index contributed by atoms with van der Waals surface area (Å²) in [6.45, 7) is 2.48. The second kappa shape index (κ2) is 8.20. The monoisotopic (exact) mass is 445 g/mol. The summed E-state index contributed by atoms with van der Waals surface area (Å²) < 4.78 is 38.3. The number of rotatable bonds is 4. The summed E-state index contributed by atoms with van der Waals surface area (Å²) in [5.41, 5.74) is 0.773. The Balaban J connectivity index is 1.48. The van der Waals surface area contributed by atoms with Crippen molar-refractivity contribution >= 4 is 27.5 Å². The number of benzene rings is 2. The molecule has 2 aliphatic heterocycles. The fourth-order valence-electron chi connectivity index (χ4n) is 3.62. The quantitative estimate of drug-likeness (QED) is 0.766. The largest absolute Gasteiger partial charge is 0.496 e. The van der Waals surface area contributed by atoms with Gasteiger partial charge in [0.15, 0.2) is 6.10 Å². The first kappa shape index (κ1) is 21.1. The number of ether oxygens (including phenoxy) is 2. The Labute approximate surface area is 180 Å². The number of carbonyl (C=O) groups excluding carboxylic acids is 2. The molecular weight excluding hydrogens is 422 g/mol. The molecule has 0 aromatic heterocycles. The third kappa shape index (κ3) is 3.96. The van der Waals surface area contributed by atoms with Crippen LogP contribution in [0.3, 0.4) is 0 Å². The summed E-state index contributed by atoms with van der Waals surface area (Å²) in [7, 11) is -2.29. The Hall–Kier alpha value is -3.11. The number of piperazine rings is 1. The van der Waals surface area contributed by atoms with Crippen molar-refractivity contribution in [1.82, 2.24) is 9.21 Å². The first-order valence-corrected chi connectivity index (χ1v) is 11.3. The molecule has 1 saturated heterocycles. The number of nitrogens with one attached hydrogen (secondary N) is 1. The lowest BCUT2D eigenvalue weighted by Crippen LogP contribution is -2.50. The van der Waals surface area contributed by atoms with E-state index in [0.717, 1.165) is 0 Å². The van der Waals surface area contributed by atoms with E-state index >= 15 is 0 Å². The van der Waals surface area contributed by atoms with Crippen LogP contribution in [0.4, 0.5) is 5.69 Å². The minimum atomic E-state index is -3.79. The topological polar surface area (TPSA) is 105 Å². The number of hydrogen-bond acceptors (Lipinski definition) is 6. The summed E-state index contributed by atoms with van der Waals surface area (Å²) in [6.07, 6.45) is -0.635. The van der Waals surface area contributed by atoms with Gasteiger partial charge in [0.1, 0.15) is 11.5 Å². The summed E-state index contributed by atoms with van der Waals surface area (Å²) >= 11 is 0. The molecular formula is C21H23N3O6S. The second-order valence-corrected chi connectivity index (χ2v) is 9.24. The molecule has 4 rings (SSSR count). The molecule has 31 heavy (non-hydrogen) atoms. The van der Waals surface area contributed by atoms with Gasteiger partial charge in [0.2, 0.25) is 10.0 Å². The highest BCUT2D eigenvalue weighted by molar-refractivity contribution is 7.89. The number of methoxy groups -OCH3 is 1. The lowest BCUT2D eigenvalue weighted by Gasteiger charge is -2.34. The standard InChI is InChI=1S/C21H23N3O6S/c1-14-20(25)22-17-13-15(7-8-19(17)30-14)31(27,28)24-11-9-23(10-12-24)21(26)16-5-3-4-6-18(16)29-2/h3-8,13-14H,9-12H2,1-2H3,(H,22,25)/t14-/m1/s1. The van der Waals surface area contributed by atoms with Gasteiger partial charge >= 0.3 is 0 Å². The fraction of sp³-hybridized carbons (Fsp3) is 0.333. The van der Waals surface area contributed by atoms with Crippen LogP contribution < -0.4 is 14.8 Å². The molecule has 9 nitrogen and oxygen atoms in total. The second-order valence-electron chi connectivity index (χ2n) is 7.30. The van der Waals surface area contributed by atoms with Crippen LogP contribution in [-0.2, 0) is 14.8 Å². The molecule has 1 N–H and O–H groups in total. The number of fused-ring (bicyclic) bond motifs is 1. The first-order chi connectivity index (χ1) is 14.8. The van der Waals surface area contributed by atoms with Crippen LogP contribution in [0.25, 0.3) is 0 Å². The predicted octanol–water partition coefficient (Wildman–Crippen LogP) is 1.56. The van der Waals surface area contributed by atoms with Gasteiger partial charge in [0, 0.05) is 26.2 Å². The van der Waals surface area contributed by atoms with Crippen LogP contribution >= 0.6 is 0 Å². The zero-order valence-corrected chi connectivity index (χ0v) is 18.0. The van der Waals surface area contributed by atoms with Crippen molar-refractivity contribution < 1.29 is 27.5 Å². The number of hydrogen-bond donors (Lipinski definition) is 1. The summed E-state index contributed by atoms with van der Waals surface area (Å²) in [5, 5.41) is 2.66. The molecule has 2 amide bonds. The lowest BCUT2D eigenvalue weighted by molar-refractivity contribution is -0.122. The zero-order valence-electron chi connectivity index (χ0n) is 17.2. The normalized spacial score (nSPS) is 19.2. The predicted molar refractivity (Wildman–Crippen MR) is 113 cm³/mol. The van der Waals surface area contributed by atoms with Gasteiger partial charge in [0.05, 0.1) is 23.3 Å². The van der Waals surface area contributed by atoms with Crippen molar-refractivity contribution in [3.8, 4) is 11.5 Å². The van der Waals surface area contributed by atoms with Crippen molar-refractivity contribution in [1.29, 1.82) is 0 Å². The molecule has 0 bridgehead atoms. The first-order valence-electron chi connectivity index (χ1n) is 9.85. The minimum absolute atomic E-state index is 0.0641. The summed E-state index contributed by atoms with van der Waals surface area (Å²) in [6, 6.07) is 11.4. The van der Waals surface area contributed by atoms with Crippen molar-refractivity contribution in [3.63, 3.8) is 0 Å². The van der Waals surface area contributed by atoms with Gasteiger partial charge in [-0.2, -0.15) is 4.31 Å². The average molecular weight is 445 g/mol. The Morgan fingerprint density at radius 3 is 2.55 bits per heavy atom. The Bertz CT molecular complexity index is 1130. The van der Waals surface area contributed by atoms with Crippen LogP contribution in [0.15, 0.2) is 47.4 Å². The molecule has 1 atom stereocenters. The molecule has 2 aliphatic rings. The van der Waals surface area contributed by atoms with E-state index in [-0.39, 0.29) is 42.9 Å². The van der Waals surface area contributed by atoms with Crippen molar-refractivity contribution in [2.24, 2.45) is 0 Å². The molecule has 0 radical (unpaired) electrons. The number of anilines is 1. The molecule has 2 heterocycles. The van der Waals surface area contributed by atoms with Gasteiger partial charge in [-0.3, -0.25) is 9.59 Å². The van der Waals surface area contributed by atoms with Gasteiger partial charge in [-0.15, -0.1) is 0 Å². The maximum absolute atomic E-state index is 13.1. The van der Waals surface area contributed by atoms with Crippen LogP contribution in [0, 0.1) is 0 Å². The molecule has 0 saturated carbocycles. The smallest absolute Gasteiger partial charge is 0.265 e. The van der Waals surface area contributed by atoms with Crippen LogP contribution in [0.1, 0.15) is 17.3 Å². The van der Waals surface area contributed by atoms with Gasteiger partial charge in [-0.25, -0.2) is 8.42 Å². The van der Waals surface area contributed by atoms with E-state index in [2.05, 4.69) is 5.32 Å². The van der Waals surface area contributed by atoms with Crippen LogP contribution in [-0.4, -0.2) is 68.8 Å². The van der Waals surface area contributed by atoms with Gasteiger partial charge in [-0.05, 0) is 37.3 Å². The van der Waals surface area contributed by atoms with Crippen molar-refractivity contribution in [2.45, 2.75) is 17.9 Å². The van der Waals surface area contributed by atoms with E-state index in [1.807, 2.05) is 0 Å². The number of nitrogens with zero attached hydrogens (tertiary/aromatic N) is 2. The third-order valence-electron chi connectivity index (χ3n) is 5.38. The minimum Gasteiger partial charge on any atom is -0.496 e. The zero-order chi connectivity index (χ0) is 22.2. The number of carbonyl (C=O) groups is 2. The maximum Gasteiger partial charge on any atom is 0.265 e. The van der Waals surface area contributed by atoms with E-state index in [1.165, 1.54) is 23.5 Å². The molecule has 164 valence electrons. The van der Waals surface area contributed by atoms with Gasteiger partial charge in [0.25, 0.3) is 11.8 Å².